The molecule has 0 aliphatic rings. The fraction of sp³-hybridized carbons (Fsp3) is 0.107. The van der Waals surface area contributed by atoms with E-state index in [1.54, 1.807) is 42.5 Å². The third kappa shape index (κ3) is 5.99. The van der Waals surface area contributed by atoms with Crippen molar-refractivity contribution < 1.29 is 13.2 Å². The van der Waals surface area contributed by atoms with Crippen molar-refractivity contribution in [2.45, 2.75) is 17.9 Å². The predicted octanol–water partition coefficient (Wildman–Crippen LogP) is 5.86. The van der Waals surface area contributed by atoms with Crippen molar-refractivity contribution in [1.29, 1.82) is 0 Å². The molecule has 5 nitrogen and oxygen atoms in total. The summed E-state index contributed by atoms with van der Waals surface area (Å²) in [6, 6.07) is 32.2. The minimum atomic E-state index is -3.98. The number of nitrogens with zero attached hydrogens (tertiary/aromatic N) is 1. The number of anilines is 1. The Labute approximate surface area is 214 Å². The zero-order valence-corrected chi connectivity index (χ0v) is 21.5. The monoisotopic (exact) mass is 548 g/mol. The van der Waals surface area contributed by atoms with Gasteiger partial charge in [0.15, 0.2) is 0 Å². The van der Waals surface area contributed by atoms with Crippen LogP contribution >= 0.6 is 15.9 Å². The number of carbonyl (C=O) groups excluding carboxylic acids is 1. The van der Waals surface area contributed by atoms with Gasteiger partial charge in [-0.15, -0.1) is 0 Å². The van der Waals surface area contributed by atoms with Gasteiger partial charge in [0.25, 0.3) is 10.0 Å². The Morgan fingerprint density at radius 3 is 2.06 bits per heavy atom. The summed E-state index contributed by atoms with van der Waals surface area (Å²) in [7, 11) is -3.98. The highest BCUT2D eigenvalue weighted by atomic mass is 79.9. The van der Waals surface area contributed by atoms with Crippen LogP contribution in [-0.4, -0.2) is 20.9 Å². The summed E-state index contributed by atoms with van der Waals surface area (Å²) in [5.74, 6) is -0.418. The van der Waals surface area contributed by atoms with Crippen LogP contribution in [0.4, 0.5) is 5.69 Å². The second-order valence-electron chi connectivity index (χ2n) is 8.13. The number of benzene rings is 4. The normalized spacial score (nSPS) is 12.1. The Bertz CT molecular complexity index is 1390. The van der Waals surface area contributed by atoms with Crippen LogP contribution in [0.2, 0.25) is 0 Å². The van der Waals surface area contributed by atoms with E-state index in [-0.39, 0.29) is 11.4 Å². The van der Waals surface area contributed by atoms with Crippen molar-refractivity contribution in [2.24, 2.45) is 0 Å². The smallest absolute Gasteiger partial charge is 0.264 e. The van der Waals surface area contributed by atoms with Crippen LogP contribution in [0.25, 0.3) is 0 Å². The van der Waals surface area contributed by atoms with Gasteiger partial charge in [0.2, 0.25) is 5.91 Å². The van der Waals surface area contributed by atoms with E-state index in [0.717, 1.165) is 21.0 Å². The van der Waals surface area contributed by atoms with Crippen LogP contribution in [0.3, 0.4) is 0 Å². The fourth-order valence-electron chi connectivity index (χ4n) is 3.77. The fourth-order valence-corrected chi connectivity index (χ4v) is 5.59. The lowest BCUT2D eigenvalue weighted by atomic mass is 9.98. The molecule has 1 N–H and O–H groups in total. The summed E-state index contributed by atoms with van der Waals surface area (Å²) >= 11 is 3.40. The van der Waals surface area contributed by atoms with Crippen LogP contribution in [0.1, 0.15) is 22.7 Å². The lowest BCUT2D eigenvalue weighted by Crippen LogP contribution is -2.42. The van der Waals surface area contributed by atoms with Crippen LogP contribution in [0.5, 0.6) is 0 Å². The summed E-state index contributed by atoms with van der Waals surface area (Å²) in [6.45, 7) is 1.63. The number of hydrogen-bond acceptors (Lipinski definition) is 3. The minimum Gasteiger partial charge on any atom is -0.344 e. The van der Waals surface area contributed by atoms with Crippen molar-refractivity contribution in [2.75, 3.05) is 10.8 Å². The molecule has 1 amide bonds. The molecule has 0 heterocycles. The van der Waals surface area contributed by atoms with Crippen LogP contribution in [0, 0.1) is 6.92 Å². The maximum atomic E-state index is 13.6. The summed E-state index contributed by atoms with van der Waals surface area (Å²) in [5.41, 5.74) is 3.33. The van der Waals surface area contributed by atoms with Crippen molar-refractivity contribution in [3.8, 4) is 0 Å². The highest BCUT2D eigenvalue weighted by molar-refractivity contribution is 9.10. The number of amides is 1. The third-order valence-corrected chi connectivity index (χ3v) is 7.84. The zero-order valence-electron chi connectivity index (χ0n) is 19.1. The van der Waals surface area contributed by atoms with Gasteiger partial charge in [-0.05, 0) is 48.4 Å². The van der Waals surface area contributed by atoms with E-state index in [0.29, 0.717) is 10.2 Å². The topological polar surface area (TPSA) is 66.5 Å². The van der Waals surface area contributed by atoms with Gasteiger partial charge in [0.1, 0.15) is 6.54 Å². The second-order valence-corrected chi connectivity index (χ2v) is 10.9. The number of aryl methyl sites for hydroxylation is 1. The number of halogens is 1. The summed E-state index contributed by atoms with van der Waals surface area (Å²) in [6.07, 6.45) is 0. The SMILES string of the molecule is Cc1ccc([C@H](NC(=O)CN(c2cccc(Br)c2)S(=O)(=O)c2ccccc2)c2ccccc2)cc1. The van der Waals surface area contributed by atoms with Gasteiger partial charge < -0.3 is 5.32 Å². The quantitative estimate of drug-likeness (QED) is 0.300. The van der Waals surface area contributed by atoms with E-state index in [9.17, 15) is 13.2 Å². The largest absolute Gasteiger partial charge is 0.344 e. The minimum absolute atomic E-state index is 0.117. The lowest BCUT2D eigenvalue weighted by molar-refractivity contribution is -0.120. The zero-order chi connectivity index (χ0) is 24.8. The van der Waals surface area contributed by atoms with Crippen molar-refractivity contribution in [3.63, 3.8) is 0 Å². The molecule has 4 aromatic carbocycles. The molecule has 4 aromatic rings. The van der Waals surface area contributed by atoms with E-state index in [4.69, 9.17) is 0 Å². The van der Waals surface area contributed by atoms with E-state index < -0.39 is 22.0 Å². The molecule has 0 fully saturated rings. The van der Waals surface area contributed by atoms with E-state index >= 15 is 0 Å². The van der Waals surface area contributed by atoms with E-state index in [2.05, 4.69) is 21.2 Å². The van der Waals surface area contributed by atoms with Gasteiger partial charge in [-0.25, -0.2) is 8.42 Å². The molecular formula is C28H25BrN2O3S. The number of nitrogens with one attached hydrogen (secondary N) is 1. The Hall–Kier alpha value is -3.42. The molecule has 0 aromatic heterocycles. The molecule has 0 aliphatic heterocycles. The highest BCUT2D eigenvalue weighted by Crippen LogP contribution is 2.27. The van der Waals surface area contributed by atoms with Crippen molar-refractivity contribution >= 4 is 37.5 Å². The van der Waals surface area contributed by atoms with Crippen LogP contribution in [-0.2, 0) is 14.8 Å². The van der Waals surface area contributed by atoms with Gasteiger partial charge in [-0.3, -0.25) is 9.10 Å². The predicted molar refractivity (Wildman–Crippen MR) is 143 cm³/mol. The molecule has 178 valence electrons. The maximum Gasteiger partial charge on any atom is 0.264 e. The van der Waals surface area contributed by atoms with Gasteiger partial charge >= 0.3 is 0 Å². The first-order valence-electron chi connectivity index (χ1n) is 11.1. The second kappa shape index (κ2) is 10.9. The van der Waals surface area contributed by atoms with Gasteiger partial charge in [0.05, 0.1) is 16.6 Å². The Morgan fingerprint density at radius 2 is 1.43 bits per heavy atom. The average Bonchev–Trinajstić information content (AvgIpc) is 2.87. The Kier molecular flexibility index (Phi) is 7.68. The first kappa shape index (κ1) is 24.7. The first-order chi connectivity index (χ1) is 16.8. The van der Waals surface area contributed by atoms with Gasteiger partial charge in [0, 0.05) is 4.47 Å². The lowest BCUT2D eigenvalue weighted by Gasteiger charge is -2.26. The highest BCUT2D eigenvalue weighted by Gasteiger charge is 2.28. The molecule has 35 heavy (non-hydrogen) atoms. The third-order valence-electron chi connectivity index (χ3n) is 5.56. The molecule has 0 aliphatic carbocycles. The number of sulfonamides is 1. The molecule has 0 saturated carbocycles. The number of rotatable bonds is 8. The molecule has 0 radical (unpaired) electrons. The molecular weight excluding hydrogens is 524 g/mol. The molecule has 0 bridgehead atoms. The van der Waals surface area contributed by atoms with Gasteiger partial charge in [-0.1, -0.05) is 100 Å². The number of hydrogen-bond donors (Lipinski definition) is 1. The van der Waals surface area contributed by atoms with Crippen molar-refractivity contribution in [1.82, 2.24) is 5.32 Å². The number of carbonyl (C=O) groups is 1. The van der Waals surface area contributed by atoms with E-state index in [1.165, 1.54) is 12.1 Å². The summed E-state index contributed by atoms with van der Waals surface area (Å²) < 4.78 is 29.0. The maximum absolute atomic E-state index is 13.6. The molecule has 1 atom stereocenters. The summed E-state index contributed by atoms with van der Waals surface area (Å²) in [4.78, 5) is 13.5. The average molecular weight is 549 g/mol. The van der Waals surface area contributed by atoms with Gasteiger partial charge in [-0.2, -0.15) is 0 Å². The standard InChI is InChI=1S/C28H25BrN2O3S/c1-21-15-17-23(18-16-21)28(22-9-4-2-5-10-22)30-27(32)20-31(25-12-8-11-24(29)19-25)35(33,34)26-13-6-3-7-14-26/h2-19,28H,20H2,1H3,(H,30,32)/t28-/m1/s1. The van der Waals surface area contributed by atoms with Crippen molar-refractivity contribution in [3.05, 3.63) is 130 Å². The summed E-state index contributed by atoms with van der Waals surface area (Å²) in [5, 5.41) is 3.05. The molecule has 4 rings (SSSR count). The Balaban J connectivity index is 1.68. The molecule has 0 unspecified atom stereocenters. The van der Waals surface area contributed by atoms with Crippen LogP contribution in [0.15, 0.2) is 119 Å². The molecule has 0 saturated heterocycles. The first-order valence-corrected chi connectivity index (χ1v) is 13.3. The van der Waals surface area contributed by atoms with Crippen LogP contribution < -0.4 is 9.62 Å². The molecule has 7 heteroatoms. The molecule has 0 spiro atoms. The Morgan fingerprint density at radius 1 is 0.829 bits per heavy atom. The van der Waals surface area contributed by atoms with E-state index in [1.807, 2.05) is 61.5 Å².